The number of ether oxygens (including phenoxy) is 1. The normalized spacial score (nSPS) is 23.1. The monoisotopic (exact) mass is 346 g/mol. The summed E-state index contributed by atoms with van der Waals surface area (Å²) in [6, 6.07) is 0. The van der Waals surface area contributed by atoms with Gasteiger partial charge in [-0.2, -0.15) is 0 Å². The van der Waals surface area contributed by atoms with Gasteiger partial charge in [0.2, 0.25) is 5.78 Å². The van der Waals surface area contributed by atoms with Gasteiger partial charge in [-0.1, -0.05) is 56.3 Å². The fourth-order valence-corrected chi connectivity index (χ4v) is 3.59. The van der Waals surface area contributed by atoms with E-state index in [1.165, 1.54) is 25.3 Å². The molecule has 0 aromatic rings. The molecule has 0 heterocycles. The second-order valence-corrected chi connectivity index (χ2v) is 7.31. The number of carbonyl (C=O) groups excluding carboxylic acids is 2. The van der Waals surface area contributed by atoms with Crippen molar-refractivity contribution in [1.29, 1.82) is 0 Å². The van der Waals surface area contributed by atoms with E-state index in [2.05, 4.69) is 6.92 Å². The Kier molecular flexibility index (Phi) is 6.63. The number of hydrogen-bond acceptors (Lipinski definition) is 4. The van der Waals surface area contributed by atoms with Crippen molar-refractivity contribution in [2.75, 3.05) is 6.61 Å². The van der Waals surface area contributed by atoms with E-state index >= 15 is 0 Å². The number of carbonyl (C=O) groups is 2. The van der Waals surface area contributed by atoms with E-state index in [4.69, 9.17) is 4.74 Å². The van der Waals surface area contributed by atoms with Crippen LogP contribution in [0.4, 0.5) is 0 Å². The average molecular weight is 346 g/mol. The van der Waals surface area contributed by atoms with Gasteiger partial charge >= 0.3 is 5.97 Å². The predicted molar refractivity (Wildman–Crippen MR) is 98.2 cm³/mol. The van der Waals surface area contributed by atoms with Gasteiger partial charge < -0.3 is 9.84 Å². The van der Waals surface area contributed by atoms with Gasteiger partial charge in [0, 0.05) is 5.57 Å². The highest BCUT2D eigenvalue weighted by Gasteiger charge is 2.48. The van der Waals surface area contributed by atoms with Crippen molar-refractivity contribution in [3.63, 3.8) is 0 Å². The number of rotatable bonds is 8. The third kappa shape index (κ3) is 4.23. The van der Waals surface area contributed by atoms with Crippen LogP contribution in [0.5, 0.6) is 0 Å². The molecule has 0 spiro atoms. The van der Waals surface area contributed by atoms with E-state index in [9.17, 15) is 14.7 Å². The predicted octanol–water partition coefficient (Wildman–Crippen LogP) is 4.96. The molecule has 2 rings (SSSR count). The number of fused-ring (bicyclic) bond motifs is 1. The highest BCUT2D eigenvalue weighted by molar-refractivity contribution is 6.06. The van der Waals surface area contributed by atoms with Gasteiger partial charge in [0.25, 0.3) is 0 Å². The summed E-state index contributed by atoms with van der Waals surface area (Å²) in [5, 5.41) is 10.2. The number of aliphatic hydroxyl groups excluding tert-OH is 1. The minimum absolute atomic E-state index is 0.286. The molecule has 2 aliphatic rings. The largest absolute Gasteiger partial charge is 0.504 e. The van der Waals surface area contributed by atoms with Crippen molar-refractivity contribution in [3.8, 4) is 0 Å². The molecule has 0 saturated carbocycles. The molecule has 0 bridgehead atoms. The maximum atomic E-state index is 12.8. The number of aliphatic hydroxyl groups is 1. The zero-order chi connectivity index (χ0) is 18.4. The zero-order valence-corrected chi connectivity index (χ0v) is 15.7. The summed E-state index contributed by atoms with van der Waals surface area (Å²) in [7, 11) is 0. The molecule has 0 aromatic heterocycles. The van der Waals surface area contributed by atoms with E-state index in [-0.39, 0.29) is 11.7 Å². The third-order valence-corrected chi connectivity index (χ3v) is 5.39. The van der Waals surface area contributed by atoms with Crippen molar-refractivity contribution in [2.45, 2.75) is 72.1 Å². The number of hydrogen-bond donors (Lipinski definition) is 1. The summed E-state index contributed by atoms with van der Waals surface area (Å²) >= 11 is 0. The lowest BCUT2D eigenvalue weighted by Gasteiger charge is -2.38. The first kappa shape index (κ1) is 19.5. The van der Waals surface area contributed by atoms with Gasteiger partial charge in [-0.3, -0.25) is 9.59 Å². The van der Waals surface area contributed by atoms with Crippen LogP contribution in [0.1, 0.15) is 72.1 Å². The Morgan fingerprint density at radius 1 is 1.16 bits per heavy atom. The van der Waals surface area contributed by atoms with E-state index in [0.29, 0.717) is 25.0 Å². The minimum atomic E-state index is -1.01. The molecule has 0 radical (unpaired) electrons. The Bertz CT molecular complexity index is 624. The van der Waals surface area contributed by atoms with Crippen LogP contribution in [0.2, 0.25) is 0 Å². The van der Waals surface area contributed by atoms with Gasteiger partial charge in [0.15, 0.2) is 5.76 Å². The molecule has 25 heavy (non-hydrogen) atoms. The summed E-state index contributed by atoms with van der Waals surface area (Å²) in [5.41, 5.74) is 1.70. The number of ketones is 1. The van der Waals surface area contributed by atoms with Crippen molar-refractivity contribution < 1.29 is 19.4 Å². The van der Waals surface area contributed by atoms with Crippen LogP contribution in [0, 0.1) is 5.41 Å². The van der Waals surface area contributed by atoms with Gasteiger partial charge in [-0.25, -0.2) is 0 Å². The SMILES string of the molecule is CCCCCCCCOC(=O)C12C=CC(=O)C(O)=C1CC(C)=C(C)C2. The third-order valence-electron chi connectivity index (χ3n) is 5.39. The van der Waals surface area contributed by atoms with Crippen molar-refractivity contribution in [3.05, 3.63) is 34.6 Å². The van der Waals surface area contributed by atoms with Crippen LogP contribution in [0.15, 0.2) is 34.6 Å². The minimum Gasteiger partial charge on any atom is -0.504 e. The van der Waals surface area contributed by atoms with Gasteiger partial charge in [-0.05, 0) is 39.2 Å². The summed E-state index contributed by atoms with van der Waals surface area (Å²) in [6.45, 7) is 6.55. The summed E-state index contributed by atoms with van der Waals surface area (Å²) < 4.78 is 5.55. The van der Waals surface area contributed by atoms with Crippen molar-refractivity contribution in [2.24, 2.45) is 5.41 Å². The second kappa shape index (κ2) is 8.50. The summed E-state index contributed by atoms with van der Waals surface area (Å²) in [4.78, 5) is 24.7. The molecule has 1 unspecified atom stereocenters. The topological polar surface area (TPSA) is 63.6 Å². The highest BCUT2D eigenvalue weighted by atomic mass is 16.5. The maximum Gasteiger partial charge on any atom is 0.320 e. The smallest absolute Gasteiger partial charge is 0.320 e. The highest BCUT2D eigenvalue weighted by Crippen LogP contribution is 2.48. The molecule has 1 atom stereocenters. The molecule has 4 nitrogen and oxygen atoms in total. The summed E-state index contributed by atoms with van der Waals surface area (Å²) in [6.07, 6.45) is 10.6. The first-order chi connectivity index (χ1) is 11.9. The Balaban J connectivity index is 2.03. The fraction of sp³-hybridized carbons (Fsp3) is 0.619. The molecular formula is C21H30O4. The number of unbranched alkanes of at least 4 members (excludes halogenated alkanes) is 5. The van der Waals surface area contributed by atoms with Gasteiger partial charge in [0.05, 0.1) is 6.61 Å². The molecular weight excluding hydrogens is 316 g/mol. The fourth-order valence-electron chi connectivity index (χ4n) is 3.59. The Labute approximate surface area is 150 Å². The molecule has 0 saturated heterocycles. The lowest BCUT2D eigenvalue weighted by atomic mass is 9.65. The second-order valence-electron chi connectivity index (χ2n) is 7.31. The van der Waals surface area contributed by atoms with Crippen LogP contribution in [0.25, 0.3) is 0 Å². The molecule has 0 aliphatic heterocycles. The van der Waals surface area contributed by atoms with E-state index in [1.807, 2.05) is 13.8 Å². The quantitative estimate of drug-likeness (QED) is 0.383. The number of esters is 1. The van der Waals surface area contributed by atoms with Gasteiger partial charge in [0.1, 0.15) is 5.41 Å². The molecule has 138 valence electrons. The van der Waals surface area contributed by atoms with Crippen LogP contribution >= 0.6 is 0 Å². The maximum absolute atomic E-state index is 12.8. The Hall–Kier alpha value is -1.84. The molecule has 1 N–H and O–H groups in total. The van der Waals surface area contributed by atoms with Crippen LogP contribution < -0.4 is 0 Å². The average Bonchev–Trinajstić information content (AvgIpc) is 2.59. The molecule has 4 heteroatoms. The van der Waals surface area contributed by atoms with Gasteiger partial charge in [-0.15, -0.1) is 0 Å². The standard InChI is InChI=1S/C21H30O4/c1-4-5-6-7-8-9-12-25-20(24)21-11-10-18(22)19(23)17(21)13-15(2)16(3)14-21/h10-11,23H,4-9,12-14H2,1-3H3. The molecule has 0 amide bonds. The lowest BCUT2D eigenvalue weighted by molar-refractivity contribution is -0.151. The van der Waals surface area contributed by atoms with Crippen LogP contribution in [-0.2, 0) is 14.3 Å². The van der Waals surface area contributed by atoms with Crippen LogP contribution in [0.3, 0.4) is 0 Å². The number of allylic oxidation sites excluding steroid dienone is 3. The van der Waals surface area contributed by atoms with E-state index < -0.39 is 11.2 Å². The van der Waals surface area contributed by atoms with Crippen molar-refractivity contribution >= 4 is 11.8 Å². The molecule has 0 aromatic carbocycles. The first-order valence-electron chi connectivity index (χ1n) is 9.41. The summed E-state index contributed by atoms with van der Waals surface area (Å²) in [5.74, 6) is -1.06. The molecule has 0 fully saturated rings. The van der Waals surface area contributed by atoms with E-state index in [0.717, 1.165) is 30.4 Å². The molecule has 2 aliphatic carbocycles. The van der Waals surface area contributed by atoms with Crippen LogP contribution in [-0.4, -0.2) is 23.5 Å². The Morgan fingerprint density at radius 3 is 2.56 bits per heavy atom. The van der Waals surface area contributed by atoms with Crippen molar-refractivity contribution in [1.82, 2.24) is 0 Å². The Morgan fingerprint density at radius 2 is 1.84 bits per heavy atom. The zero-order valence-electron chi connectivity index (χ0n) is 15.7. The van der Waals surface area contributed by atoms with E-state index in [1.54, 1.807) is 6.08 Å². The lowest BCUT2D eigenvalue weighted by Crippen LogP contribution is -2.39. The first-order valence-corrected chi connectivity index (χ1v) is 9.41.